The molecule has 4 nitrogen and oxygen atoms in total. The second-order valence-corrected chi connectivity index (χ2v) is 5.91. The highest BCUT2D eigenvalue weighted by molar-refractivity contribution is 5.35. The molecule has 1 heterocycles. The molecule has 1 N–H and O–H groups in total. The summed E-state index contributed by atoms with van der Waals surface area (Å²) >= 11 is 0. The number of anilines is 1. The average molecular weight is 298 g/mol. The van der Waals surface area contributed by atoms with Crippen molar-refractivity contribution < 1.29 is 0 Å². The van der Waals surface area contributed by atoms with Crippen LogP contribution in [0.3, 0.4) is 0 Å². The lowest BCUT2D eigenvalue weighted by molar-refractivity contribution is 0.242. The van der Waals surface area contributed by atoms with Gasteiger partial charge in [0.2, 0.25) is 0 Å². The fourth-order valence-electron chi connectivity index (χ4n) is 2.46. The van der Waals surface area contributed by atoms with E-state index in [1.54, 1.807) is 0 Å². The number of hydrogen-bond acceptors (Lipinski definition) is 4. The van der Waals surface area contributed by atoms with Crippen molar-refractivity contribution in [3.63, 3.8) is 0 Å². The number of nitrogens with zero attached hydrogens (tertiary/aromatic N) is 3. The van der Waals surface area contributed by atoms with Crippen LogP contribution in [0.15, 0.2) is 36.4 Å². The molecule has 0 aliphatic heterocycles. The topological polar surface area (TPSA) is 41.0 Å². The van der Waals surface area contributed by atoms with Gasteiger partial charge in [-0.2, -0.15) is 0 Å². The van der Waals surface area contributed by atoms with Gasteiger partial charge in [0.1, 0.15) is 11.6 Å². The molecule has 0 saturated heterocycles. The number of benzene rings is 1. The van der Waals surface area contributed by atoms with Crippen LogP contribution >= 0.6 is 0 Å². The predicted molar refractivity (Wildman–Crippen MR) is 92.0 cm³/mol. The Morgan fingerprint density at radius 2 is 1.86 bits per heavy atom. The molecule has 4 heteroatoms. The molecule has 0 spiro atoms. The quantitative estimate of drug-likeness (QED) is 0.850. The summed E-state index contributed by atoms with van der Waals surface area (Å²) in [5, 5.41) is 3.40. The summed E-state index contributed by atoms with van der Waals surface area (Å²) in [6, 6.07) is 13.1. The van der Waals surface area contributed by atoms with Gasteiger partial charge in [0.05, 0.1) is 0 Å². The van der Waals surface area contributed by atoms with E-state index in [1.165, 1.54) is 5.56 Å². The summed E-state index contributed by atoms with van der Waals surface area (Å²) in [4.78, 5) is 11.1. The Morgan fingerprint density at radius 1 is 1.14 bits per heavy atom. The largest absolute Gasteiger partial charge is 0.370 e. The van der Waals surface area contributed by atoms with Gasteiger partial charge in [0, 0.05) is 30.9 Å². The fourth-order valence-corrected chi connectivity index (χ4v) is 2.46. The minimum Gasteiger partial charge on any atom is -0.370 e. The molecule has 1 aromatic heterocycles. The molecule has 1 atom stereocenters. The Morgan fingerprint density at radius 3 is 2.55 bits per heavy atom. The second kappa shape index (κ2) is 7.90. The van der Waals surface area contributed by atoms with E-state index in [0.29, 0.717) is 6.04 Å². The van der Waals surface area contributed by atoms with Crippen molar-refractivity contribution in [2.45, 2.75) is 39.8 Å². The maximum absolute atomic E-state index is 4.41. The van der Waals surface area contributed by atoms with E-state index < -0.39 is 0 Å². The zero-order valence-corrected chi connectivity index (χ0v) is 14.0. The average Bonchev–Trinajstić information content (AvgIpc) is 2.47. The maximum atomic E-state index is 4.41. The lowest BCUT2D eigenvalue weighted by Crippen LogP contribution is -2.30. The van der Waals surface area contributed by atoms with Crippen molar-refractivity contribution in [1.82, 2.24) is 14.9 Å². The van der Waals surface area contributed by atoms with Crippen LogP contribution in [-0.2, 0) is 6.54 Å². The van der Waals surface area contributed by atoms with Crippen LogP contribution in [0.5, 0.6) is 0 Å². The third-order valence-electron chi connectivity index (χ3n) is 3.86. The first-order chi connectivity index (χ1) is 10.5. The normalized spacial score (nSPS) is 12.4. The third-order valence-corrected chi connectivity index (χ3v) is 3.86. The number of hydrogen-bond donors (Lipinski definition) is 1. The molecule has 1 unspecified atom stereocenters. The van der Waals surface area contributed by atoms with Crippen LogP contribution in [0.4, 0.5) is 5.82 Å². The van der Waals surface area contributed by atoms with Crippen LogP contribution in [0.25, 0.3) is 0 Å². The molecule has 0 fully saturated rings. The SMILES string of the molecule is Cc1cc(NCCC(C)N(C)Cc2ccccc2)nc(C)n1. The summed E-state index contributed by atoms with van der Waals surface area (Å²) < 4.78 is 0. The number of aromatic nitrogens is 2. The highest BCUT2D eigenvalue weighted by Crippen LogP contribution is 2.10. The molecule has 2 aromatic rings. The minimum atomic E-state index is 0.511. The molecule has 0 aliphatic rings. The van der Waals surface area contributed by atoms with Crippen LogP contribution < -0.4 is 5.32 Å². The lowest BCUT2D eigenvalue weighted by Gasteiger charge is -2.25. The third kappa shape index (κ3) is 5.11. The van der Waals surface area contributed by atoms with E-state index in [2.05, 4.69) is 64.5 Å². The van der Waals surface area contributed by atoms with Crippen molar-refractivity contribution in [3.8, 4) is 0 Å². The van der Waals surface area contributed by atoms with Crippen molar-refractivity contribution in [2.24, 2.45) is 0 Å². The number of nitrogens with one attached hydrogen (secondary N) is 1. The minimum absolute atomic E-state index is 0.511. The lowest BCUT2D eigenvalue weighted by atomic mass is 10.1. The van der Waals surface area contributed by atoms with Crippen molar-refractivity contribution in [1.29, 1.82) is 0 Å². The van der Waals surface area contributed by atoms with Crippen molar-refractivity contribution in [2.75, 3.05) is 18.9 Å². The van der Waals surface area contributed by atoms with E-state index >= 15 is 0 Å². The van der Waals surface area contributed by atoms with Gasteiger partial charge in [-0.05, 0) is 39.8 Å². The molecule has 0 bridgehead atoms. The van der Waals surface area contributed by atoms with E-state index in [-0.39, 0.29) is 0 Å². The Hall–Kier alpha value is -1.94. The number of aryl methyl sites for hydroxylation is 2. The molecule has 0 saturated carbocycles. The monoisotopic (exact) mass is 298 g/mol. The first-order valence-corrected chi connectivity index (χ1v) is 7.85. The molecule has 0 amide bonds. The molecule has 118 valence electrons. The van der Waals surface area contributed by atoms with Gasteiger partial charge in [-0.3, -0.25) is 4.90 Å². The van der Waals surface area contributed by atoms with Crippen LogP contribution in [-0.4, -0.2) is 34.5 Å². The van der Waals surface area contributed by atoms with Gasteiger partial charge in [-0.25, -0.2) is 9.97 Å². The molecule has 0 radical (unpaired) electrons. The Kier molecular flexibility index (Phi) is 5.90. The summed E-state index contributed by atoms with van der Waals surface area (Å²) in [5.41, 5.74) is 2.36. The Balaban J connectivity index is 1.78. The van der Waals surface area contributed by atoms with Crippen LogP contribution in [0.2, 0.25) is 0 Å². The zero-order chi connectivity index (χ0) is 15.9. The van der Waals surface area contributed by atoms with Gasteiger partial charge in [-0.15, -0.1) is 0 Å². The van der Waals surface area contributed by atoms with Gasteiger partial charge >= 0.3 is 0 Å². The highest BCUT2D eigenvalue weighted by Gasteiger charge is 2.09. The van der Waals surface area contributed by atoms with E-state index in [9.17, 15) is 0 Å². The van der Waals surface area contributed by atoms with E-state index in [4.69, 9.17) is 0 Å². The smallest absolute Gasteiger partial charge is 0.129 e. The van der Waals surface area contributed by atoms with Gasteiger partial charge in [0.25, 0.3) is 0 Å². The molecule has 0 aliphatic carbocycles. The summed E-state index contributed by atoms with van der Waals surface area (Å²) in [6.07, 6.45) is 1.07. The molecule has 22 heavy (non-hydrogen) atoms. The summed E-state index contributed by atoms with van der Waals surface area (Å²) in [7, 11) is 2.18. The van der Waals surface area contributed by atoms with Crippen LogP contribution in [0.1, 0.15) is 30.4 Å². The number of rotatable bonds is 7. The standard InChI is InChI=1S/C18H26N4/c1-14-12-18(21-16(3)20-14)19-11-10-15(2)22(4)13-17-8-6-5-7-9-17/h5-9,12,15H,10-11,13H2,1-4H3,(H,19,20,21). The summed E-state index contributed by atoms with van der Waals surface area (Å²) in [5.74, 6) is 1.74. The van der Waals surface area contributed by atoms with Gasteiger partial charge < -0.3 is 5.32 Å². The molecular formula is C18H26N4. The van der Waals surface area contributed by atoms with Crippen molar-refractivity contribution in [3.05, 3.63) is 53.5 Å². The first-order valence-electron chi connectivity index (χ1n) is 7.85. The van der Waals surface area contributed by atoms with E-state index in [0.717, 1.165) is 36.8 Å². The first kappa shape index (κ1) is 16.4. The molecule has 1 aromatic carbocycles. The maximum Gasteiger partial charge on any atom is 0.129 e. The summed E-state index contributed by atoms with van der Waals surface area (Å²) in [6.45, 7) is 8.08. The Bertz CT molecular complexity index is 563. The van der Waals surface area contributed by atoms with Crippen LogP contribution in [0, 0.1) is 13.8 Å². The zero-order valence-electron chi connectivity index (χ0n) is 14.0. The van der Waals surface area contributed by atoms with E-state index in [1.807, 2.05) is 19.9 Å². The highest BCUT2D eigenvalue weighted by atomic mass is 15.1. The molecular weight excluding hydrogens is 272 g/mol. The Labute approximate surface area is 133 Å². The predicted octanol–water partition coefficient (Wildman–Crippen LogP) is 3.42. The fraction of sp³-hybridized carbons (Fsp3) is 0.444. The second-order valence-electron chi connectivity index (χ2n) is 5.91. The molecule has 2 rings (SSSR count). The van der Waals surface area contributed by atoms with Gasteiger partial charge in [0.15, 0.2) is 0 Å². The van der Waals surface area contributed by atoms with Crippen molar-refractivity contribution >= 4 is 5.82 Å². The van der Waals surface area contributed by atoms with Gasteiger partial charge in [-0.1, -0.05) is 30.3 Å².